The molecule has 1 amide bonds. The van der Waals surface area contributed by atoms with Crippen LogP contribution in [-0.4, -0.2) is 53.7 Å². The number of carbonyl (C=O) groups excluding carboxylic acids is 1. The lowest BCUT2D eigenvalue weighted by Gasteiger charge is -2.37. The second kappa shape index (κ2) is 6.52. The number of nitrogens with zero attached hydrogens (tertiary/aromatic N) is 3. The number of aromatic nitrogens is 1. The molecule has 2 rings (SSSR count). The Hall–Kier alpha value is -1.62. The summed E-state index contributed by atoms with van der Waals surface area (Å²) in [6.45, 7) is 7.57. The van der Waals surface area contributed by atoms with E-state index in [9.17, 15) is 4.79 Å². The molecule has 2 heterocycles. The lowest BCUT2D eigenvalue weighted by Crippen LogP contribution is -2.49. The minimum atomic E-state index is -0.201. The van der Waals surface area contributed by atoms with Crippen molar-refractivity contribution in [3.63, 3.8) is 0 Å². The highest BCUT2D eigenvalue weighted by molar-refractivity contribution is 5.67. The molecule has 19 heavy (non-hydrogen) atoms. The molecule has 1 aliphatic rings. The molecule has 0 N–H and O–H groups in total. The van der Waals surface area contributed by atoms with Gasteiger partial charge in [0.25, 0.3) is 0 Å². The van der Waals surface area contributed by atoms with Crippen molar-refractivity contribution in [3.8, 4) is 0 Å². The minimum absolute atomic E-state index is 0.201. The van der Waals surface area contributed by atoms with E-state index in [2.05, 4.69) is 16.8 Å². The van der Waals surface area contributed by atoms with Crippen molar-refractivity contribution in [3.05, 3.63) is 30.1 Å². The smallest absolute Gasteiger partial charge is 0.409 e. The zero-order valence-electron chi connectivity index (χ0n) is 11.6. The van der Waals surface area contributed by atoms with Gasteiger partial charge in [-0.3, -0.25) is 9.88 Å². The molecule has 0 aromatic carbocycles. The van der Waals surface area contributed by atoms with E-state index in [1.165, 1.54) is 0 Å². The summed E-state index contributed by atoms with van der Waals surface area (Å²) < 4.78 is 5.02. The van der Waals surface area contributed by atoms with Crippen LogP contribution in [0.5, 0.6) is 0 Å². The van der Waals surface area contributed by atoms with Crippen molar-refractivity contribution in [2.45, 2.75) is 19.9 Å². The Kier molecular flexibility index (Phi) is 4.74. The fraction of sp³-hybridized carbons (Fsp3) is 0.571. The molecular formula is C14H21N3O2. The van der Waals surface area contributed by atoms with Gasteiger partial charge in [0, 0.05) is 38.4 Å². The maximum Gasteiger partial charge on any atom is 0.409 e. The standard InChI is InChI=1S/C14H21N3O2/c1-3-19-14(18)17-10-8-16(9-11-17)12(2)13-6-4-5-7-15-13/h4-7,12H,3,8-11H2,1-2H3. The van der Waals surface area contributed by atoms with Crippen LogP contribution in [0.3, 0.4) is 0 Å². The second-order valence-corrected chi connectivity index (χ2v) is 4.65. The summed E-state index contributed by atoms with van der Waals surface area (Å²) >= 11 is 0. The van der Waals surface area contributed by atoms with Gasteiger partial charge in [-0.2, -0.15) is 0 Å². The topological polar surface area (TPSA) is 45.7 Å². The number of hydrogen-bond donors (Lipinski definition) is 0. The summed E-state index contributed by atoms with van der Waals surface area (Å²) in [6, 6.07) is 6.26. The van der Waals surface area contributed by atoms with Crippen LogP contribution in [0.25, 0.3) is 0 Å². The fourth-order valence-corrected chi connectivity index (χ4v) is 2.32. The number of amides is 1. The Morgan fingerprint density at radius 2 is 2.11 bits per heavy atom. The third kappa shape index (κ3) is 3.44. The Labute approximate surface area is 114 Å². The van der Waals surface area contributed by atoms with Crippen LogP contribution in [0, 0.1) is 0 Å². The van der Waals surface area contributed by atoms with Crippen LogP contribution in [0.15, 0.2) is 24.4 Å². The SMILES string of the molecule is CCOC(=O)N1CCN(C(C)c2ccccn2)CC1. The molecule has 0 bridgehead atoms. The molecule has 0 spiro atoms. The minimum Gasteiger partial charge on any atom is -0.450 e. The Morgan fingerprint density at radius 3 is 2.68 bits per heavy atom. The third-order valence-corrected chi connectivity index (χ3v) is 3.50. The number of rotatable bonds is 3. The average Bonchev–Trinajstić information content (AvgIpc) is 2.48. The highest BCUT2D eigenvalue weighted by Gasteiger charge is 2.25. The van der Waals surface area contributed by atoms with Crippen molar-refractivity contribution >= 4 is 6.09 Å². The van der Waals surface area contributed by atoms with Crippen LogP contribution in [0.4, 0.5) is 4.79 Å². The van der Waals surface area contributed by atoms with Gasteiger partial charge in [0.15, 0.2) is 0 Å². The molecule has 104 valence electrons. The first-order valence-corrected chi connectivity index (χ1v) is 6.79. The summed E-state index contributed by atoms with van der Waals surface area (Å²) in [4.78, 5) is 20.1. The van der Waals surface area contributed by atoms with Gasteiger partial charge in [-0.1, -0.05) is 6.07 Å². The van der Waals surface area contributed by atoms with Crippen LogP contribution in [0.2, 0.25) is 0 Å². The predicted octanol–water partition coefficient (Wildman–Crippen LogP) is 1.92. The van der Waals surface area contributed by atoms with E-state index in [1.807, 2.05) is 31.3 Å². The largest absolute Gasteiger partial charge is 0.450 e. The van der Waals surface area contributed by atoms with Crippen LogP contribution in [0.1, 0.15) is 25.6 Å². The molecule has 1 aliphatic heterocycles. The zero-order chi connectivity index (χ0) is 13.7. The van der Waals surface area contributed by atoms with Gasteiger partial charge in [-0.15, -0.1) is 0 Å². The molecule has 1 atom stereocenters. The summed E-state index contributed by atoms with van der Waals surface area (Å²) in [7, 11) is 0. The van der Waals surface area contributed by atoms with Crippen molar-refractivity contribution in [1.82, 2.24) is 14.8 Å². The van der Waals surface area contributed by atoms with Gasteiger partial charge in [-0.05, 0) is 26.0 Å². The maximum absolute atomic E-state index is 11.6. The summed E-state index contributed by atoms with van der Waals surface area (Å²) in [6.07, 6.45) is 1.62. The Morgan fingerprint density at radius 1 is 1.37 bits per heavy atom. The van der Waals surface area contributed by atoms with Gasteiger partial charge in [0.05, 0.1) is 12.3 Å². The first kappa shape index (κ1) is 13.8. The van der Waals surface area contributed by atoms with Gasteiger partial charge in [0.1, 0.15) is 0 Å². The predicted molar refractivity (Wildman–Crippen MR) is 72.8 cm³/mol. The van der Waals surface area contributed by atoms with Crippen molar-refractivity contribution in [1.29, 1.82) is 0 Å². The van der Waals surface area contributed by atoms with E-state index in [0.717, 1.165) is 31.9 Å². The third-order valence-electron chi connectivity index (χ3n) is 3.50. The summed E-state index contributed by atoms with van der Waals surface area (Å²) in [5, 5.41) is 0. The summed E-state index contributed by atoms with van der Waals surface area (Å²) in [5.74, 6) is 0. The van der Waals surface area contributed by atoms with Gasteiger partial charge >= 0.3 is 6.09 Å². The lowest BCUT2D eigenvalue weighted by molar-refractivity contribution is 0.0680. The monoisotopic (exact) mass is 263 g/mol. The van der Waals surface area contributed by atoms with E-state index >= 15 is 0 Å². The van der Waals surface area contributed by atoms with Crippen molar-refractivity contribution in [2.24, 2.45) is 0 Å². The molecule has 1 aromatic heterocycles. The Bertz CT molecular complexity index is 402. The van der Waals surface area contributed by atoms with E-state index in [-0.39, 0.29) is 12.1 Å². The number of piperazine rings is 1. The van der Waals surface area contributed by atoms with E-state index in [0.29, 0.717) is 6.61 Å². The molecule has 1 aromatic rings. The van der Waals surface area contributed by atoms with Crippen molar-refractivity contribution in [2.75, 3.05) is 32.8 Å². The van der Waals surface area contributed by atoms with Crippen LogP contribution >= 0.6 is 0 Å². The first-order valence-electron chi connectivity index (χ1n) is 6.79. The Balaban J connectivity index is 1.88. The average molecular weight is 263 g/mol. The molecule has 5 heteroatoms. The normalized spacial score (nSPS) is 18.1. The fourth-order valence-electron chi connectivity index (χ4n) is 2.32. The maximum atomic E-state index is 11.6. The number of pyridine rings is 1. The second-order valence-electron chi connectivity index (χ2n) is 4.65. The number of ether oxygens (including phenoxy) is 1. The van der Waals surface area contributed by atoms with Crippen LogP contribution < -0.4 is 0 Å². The van der Waals surface area contributed by atoms with E-state index in [1.54, 1.807) is 4.90 Å². The molecule has 1 saturated heterocycles. The molecule has 5 nitrogen and oxygen atoms in total. The summed E-state index contributed by atoms with van der Waals surface area (Å²) in [5.41, 5.74) is 1.08. The molecule has 0 saturated carbocycles. The first-order chi connectivity index (χ1) is 9.22. The molecule has 0 radical (unpaired) electrons. The van der Waals surface area contributed by atoms with E-state index < -0.39 is 0 Å². The molecule has 1 unspecified atom stereocenters. The molecule has 0 aliphatic carbocycles. The van der Waals surface area contributed by atoms with Gasteiger partial charge < -0.3 is 9.64 Å². The highest BCUT2D eigenvalue weighted by atomic mass is 16.6. The highest BCUT2D eigenvalue weighted by Crippen LogP contribution is 2.19. The van der Waals surface area contributed by atoms with E-state index in [4.69, 9.17) is 4.74 Å². The molecule has 1 fully saturated rings. The quantitative estimate of drug-likeness (QED) is 0.836. The van der Waals surface area contributed by atoms with Crippen LogP contribution in [-0.2, 0) is 4.74 Å². The number of hydrogen-bond acceptors (Lipinski definition) is 4. The molecular weight excluding hydrogens is 242 g/mol. The zero-order valence-corrected chi connectivity index (χ0v) is 11.6. The lowest BCUT2D eigenvalue weighted by atomic mass is 10.1. The number of carbonyl (C=O) groups is 1. The van der Waals surface area contributed by atoms with Crippen molar-refractivity contribution < 1.29 is 9.53 Å². The van der Waals surface area contributed by atoms with Gasteiger partial charge in [0.2, 0.25) is 0 Å². The van der Waals surface area contributed by atoms with Gasteiger partial charge in [-0.25, -0.2) is 4.79 Å².